The molecular weight excluding hydrogens is 544 g/mol. The molecule has 2 heterocycles. The third-order valence-corrected chi connectivity index (χ3v) is 7.22. The highest BCUT2D eigenvalue weighted by Crippen LogP contribution is 2.23. The van der Waals surface area contributed by atoms with Crippen LogP contribution in [-0.4, -0.2) is 74.3 Å². The number of hydrogen-bond donors (Lipinski definition) is 1. The minimum atomic E-state index is -0.654. The second kappa shape index (κ2) is 12.1. The van der Waals surface area contributed by atoms with Crippen molar-refractivity contribution in [1.29, 1.82) is 0 Å². The number of nitrogens with zero attached hydrogens (tertiary/aromatic N) is 5. The van der Waals surface area contributed by atoms with Crippen LogP contribution >= 0.6 is 0 Å². The topological polar surface area (TPSA) is 124 Å². The third kappa shape index (κ3) is 7.09. The maximum absolute atomic E-state index is 13.1. The van der Waals surface area contributed by atoms with Gasteiger partial charge in [-0.15, -0.1) is 5.10 Å². The maximum Gasteiger partial charge on any atom is 0.410 e. The first-order valence-corrected chi connectivity index (χ1v) is 14.3. The Morgan fingerprint density at radius 3 is 1.81 bits per heavy atom. The smallest absolute Gasteiger partial charge is 0.410 e. The minimum absolute atomic E-state index is 0.00176. The molecule has 0 spiro atoms. The lowest BCUT2D eigenvalue weighted by Crippen LogP contribution is -2.51. The molecule has 1 aliphatic rings. The van der Waals surface area contributed by atoms with Crippen LogP contribution in [0.15, 0.2) is 72.8 Å². The van der Waals surface area contributed by atoms with Crippen molar-refractivity contribution < 1.29 is 19.1 Å². The van der Waals surface area contributed by atoms with Crippen LogP contribution in [0.1, 0.15) is 58.7 Å². The van der Waals surface area contributed by atoms with E-state index in [1.165, 1.54) is 5.56 Å². The van der Waals surface area contributed by atoms with Gasteiger partial charge in [-0.1, -0.05) is 48.5 Å². The van der Waals surface area contributed by atoms with Crippen molar-refractivity contribution in [2.24, 2.45) is 5.73 Å². The van der Waals surface area contributed by atoms with Crippen LogP contribution in [0.2, 0.25) is 0 Å². The van der Waals surface area contributed by atoms with Crippen molar-refractivity contribution in [3.8, 4) is 16.8 Å². The molecular formula is C33H36N6O4. The van der Waals surface area contributed by atoms with Crippen molar-refractivity contribution >= 4 is 17.9 Å². The van der Waals surface area contributed by atoms with Crippen LogP contribution in [0.25, 0.3) is 16.8 Å². The summed E-state index contributed by atoms with van der Waals surface area (Å²) in [4.78, 5) is 44.3. The fraction of sp³-hybridized carbons (Fsp3) is 0.303. The van der Waals surface area contributed by atoms with Crippen LogP contribution in [-0.2, 0) is 11.2 Å². The van der Waals surface area contributed by atoms with Crippen LogP contribution in [0.4, 0.5) is 4.79 Å². The monoisotopic (exact) mass is 580 g/mol. The van der Waals surface area contributed by atoms with E-state index in [1.807, 2.05) is 69.3 Å². The fourth-order valence-electron chi connectivity index (χ4n) is 4.95. The van der Waals surface area contributed by atoms with Gasteiger partial charge in [-0.05, 0) is 80.6 Å². The molecule has 1 aromatic heterocycles. The Morgan fingerprint density at radius 2 is 1.30 bits per heavy atom. The molecule has 3 aromatic carbocycles. The molecule has 4 aromatic rings. The zero-order valence-electron chi connectivity index (χ0n) is 24.9. The van der Waals surface area contributed by atoms with Crippen molar-refractivity contribution in [2.45, 2.75) is 39.7 Å². The lowest BCUT2D eigenvalue weighted by atomic mass is 9.99. The fourth-order valence-corrected chi connectivity index (χ4v) is 4.95. The van der Waals surface area contributed by atoms with E-state index in [0.29, 0.717) is 37.6 Å². The largest absolute Gasteiger partial charge is 0.444 e. The maximum atomic E-state index is 13.1. The summed E-state index contributed by atoms with van der Waals surface area (Å²) in [6.45, 7) is 9.16. The molecule has 0 atom stereocenters. The summed E-state index contributed by atoms with van der Waals surface area (Å²) in [6, 6.07) is 24.0. The van der Waals surface area contributed by atoms with Crippen LogP contribution in [0.5, 0.6) is 0 Å². The van der Waals surface area contributed by atoms with Crippen LogP contribution in [0.3, 0.4) is 0 Å². The average Bonchev–Trinajstić information content (AvgIpc) is 3.39. The molecule has 1 aliphatic heterocycles. The molecule has 0 radical (unpaired) electrons. The van der Waals surface area contributed by atoms with E-state index < -0.39 is 11.5 Å². The molecule has 1 saturated heterocycles. The van der Waals surface area contributed by atoms with Gasteiger partial charge < -0.3 is 20.3 Å². The first kappa shape index (κ1) is 29.5. The van der Waals surface area contributed by atoms with Gasteiger partial charge in [0.1, 0.15) is 11.4 Å². The summed E-state index contributed by atoms with van der Waals surface area (Å²) in [5.74, 6) is -0.104. The predicted octanol–water partition coefficient (Wildman–Crippen LogP) is 4.63. The molecule has 3 amide bonds. The van der Waals surface area contributed by atoms with Gasteiger partial charge in [0.15, 0.2) is 0 Å². The molecule has 0 bridgehead atoms. The number of piperazine rings is 1. The number of amides is 3. The number of rotatable bonds is 6. The Hall–Kier alpha value is -4.99. The molecule has 10 heteroatoms. The first-order chi connectivity index (χ1) is 20.5. The zero-order valence-corrected chi connectivity index (χ0v) is 24.9. The van der Waals surface area contributed by atoms with Crippen LogP contribution in [0, 0.1) is 6.92 Å². The van der Waals surface area contributed by atoms with Gasteiger partial charge in [0.25, 0.3) is 11.8 Å². The zero-order chi connectivity index (χ0) is 30.7. The second-order valence-electron chi connectivity index (χ2n) is 11.6. The number of aromatic nitrogens is 3. The molecule has 0 unspecified atom stereocenters. The number of benzene rings is 3. The highest BCUT2D eigenvalue weighted by atomic mass is 16.6. The standard InChI is InChI=1S/C33H36N6O4/c1-22-35-30(29(34)40)36-39(22)28-15-7-24(8-16-28)21-23-5-9-25(10-6-23)26-11-13-27(14-12-26)31(41)37-17-19-38(20-18-37)32(42)43-33(2,3)4/h5-16H,17-21H2,1-4H3,(H2,34,40). The van der Waals surface area contributed by atoms with Crippen molar-refractivity contribution in [3.63, 3.8) is 0 Å². The summed E-state index contributed by atoms with van der Waals surface area (Å²) in [5.41, 5.74) is 10.6. The Balaban J connectivity index is 1.16. The Bertz CT molecular complexity index is 1610. The van der Waals surface area contributed by atoms with Gasteiger partial charge in [-0.25, -0.2) is 14.5 Å². The molecule has 5 rings (SSSR count). The van der Waals surface area contributed by atoms with Gasteiger partial charge in [0.05, 0.1) is 5.69 Å². The number of carbonyl (C=O) groups is 3. The molecule has 1 fully saturated rings. The summed E-state index contributed by atoms with van der Waals surface area (Å²) in [6.07, 6.45) is 0.422. The van der Waals surface area contributed by atoms with Crippen molar-refractivity contribution in [1.82, 2.24) is 24.6 Å². The molecule has 43 heavy (non-hydrogen) atoms. The number of hydrogen-bond acceptors (Lipinski definition) is 6. The summed E-state index contributed by atoms with van der Waals surface area (Å²) in [5, 5.41) is 4.18. The quantitative estimate of drug-likeness (QED) is 0.355. The summed E-state index contributed by atoms with van der Waals surface area (Å²) in [7, 11) is 0. The third-order valence-electron chi connectivity index (χ3n) is 7.22. The Kier molecular flexibility index (Phi) is 8.29. The number of primary amides is 1. The highest BCUT2D eigenvalue weighted by Gasteiger charge is 2.28. The predicted molar refractivity (Wildman–Crippen MR) is 163 cm³/mol. The number of ether oxygens (including phenoxy) is 1. The highest BCUT2D eigenvalue weighted by molar-refractivity contribution is 5.95. The lowest BCUT2D eigenvalue weighted by molar-refractivity contribution is 0.0141. The Labute approximate surface area is 251 Å². The number of nitrogens with two attached hydrogens (primary N) is 1. The van der Waals surface area contributed by atoms with Gasteiger partial charge in [-0.2, -0.15) is 0 Å². The van der Waals surface area contributed by atoms with Gasteiger partial charge in [0, 0.05) is 31.7 Å². The number of carbonyl (C=O) groups excluding carboxylic acids is 3. The SMILES string of the molecule is Cc1nc(C(N)=O)nn1-c1ccc(Cc2ccc(-c3ccc(C(=O)N4CCN(C(=O)OC(C)(C)C)CC4)cc3)cc2)cc1. The normalized spacial score (nSPS) is 13.6. The van der Waals surface area contributed by atoms with Gasteiger partial charge >= 0.3 is 6.09 Å². The summed E-state index contributed by atoms with van der Waals surface area (Å²) < 4.78 is 7.05. The van der Waals surface area contributed by atoms with E-state index >= 15 is 0 Å². The molecule has 0 aliphatic carbocycles. The van der Waals surface area contributed by atoms with Crippen molar-refractivity contribution in [2.75, 3.05) is 26.2 Å². The van der Waals surface area contributed by atoms with E-state index in [1.54, 1.807) is 21.4 Å². The molecule has 222 valence electrons. The summed E-state index contributed by atoms with van der Waals surface area (Å²) >= 11 is 0. The lowest BCUT2D eigenvalue weighted by Gasteiger charge is -2.35. The van der Waals surface area contributed by atoms with E-state index in [-0.39, 0.29) is 17.8 Å². The van der Waals surface area contributed by atoms with Crippen molar-refractivity contribution in [3.05, 3.63) is 101 Å². The van der Waals surface area contributed by atoms with E-state index in [9.17, 15) is 14.4 Å². The first-order valence-electron chi connectivity index (χ1n) is 14.3. The van der Waals surface area contributed by atoms with E-state index in [0.717, 1.165) is 28.8 Å². The van der Waals surface area contributed by atoms with E-state index in [4.69, 9.17) is 10.5 Å². The van der Waals surface area contributed by atoms with E-state index in [2.05, 4.69) is 34.3 Å². The molecule has 10 nitrogen and oxygen atoms in total. The molecule has 0 saturated carbocycles. The molecule has 2 N–H and O–H groups in total. The minimum Gasteiger partial charge on any atom is -0.444 e. The Morgan fingerprint density at radius 1 is 0.791 bits per heavy atom. The number of aryl methyl sites for hydroxylation is 1. The van der Waals surface area contributed by atoms with Gasteiger partial charge in [0.2, 0.25) is 5.82 Å². The van der Waals surface area contributed by atoms with Gasteiger partial charge in [-0.3, -0.25) is 9.59 Å². The average molecular weight is 581 g/mol. The van der Waals surface area contributed by atoms with Crippen LogP contribution < -0.4 is 5.73 Å². The second-order valence-corrected chi connectivity index (χ2v) is 11.6.